The first-order valence-corrected chi connectivity index (χ1v) is 5.46. The zero-order valence-corrected chi connectivity index (χ0v) is 9.97. The van der Waals surface area contributed by atoms with Crippen molar-refractivity contribution in [2.45, 2.75) is 20.4 Å². The lowest BCUT2D eigenvalue weighted by Gasteiger charge is -2.09. The molecule has 1 aromatic heterocycles. The molecule has 0 aliphatic heterocycles. The lowest BCUT2D eigenvalue weighted by Crippen LogP contribution is -1.98. The van der Waals surface area contributed by atoms with Gasteiger partial charge in [-0.15, -0.1) is 5.10 Å². The molecule has 88 valence electrons. The number of hydrogen-bond acceptors (Lipinski definition) is 4. The third-order valence-corrected chi connectivity index (χ3v) is 2.47. The molecule has 4 heteroatoms. The monoisotopic (exact) mass is 229 g/mol. The van der Waals surface area contributed by atoms with Crippen LogP contribution in [0.2, 0.25) is 0 Å². The van der Waals surface area contributed by atoms with Crippen LogP contribution in [0.3, 0.4) is 0 Å². The van der Waals surface area contributed by atoms with E-state index in [2.05, 4.69) is 10.2 Å². The number of rotatable bonds is 3. The largest absolute Gasteiger partial charge is 0.437 e. The number of nitrogens with two attached hydrogens (primary N) is 1. The fourth-order valence-electron chi connectivity index (χ4n) is 1.48. The highest BCUT2D eigenvalue weighted by molar-refractivity contribution is 5.38. The van der Waals surface area contributed by atoms with Crippen molar-refractivity contribution < 1.29 is 4.74 Å². The maximum absolute atomic E-state index is 5.70. The van der Waals surface area contributed by atoms with E-state index in [1.54, 1.807) is 6.20 Å². The van der Waals surface area contributed by atoms with Crippen molar-refractivity contribution in [2.75, 3.05) is 0 Å². The van der Waals surface area contributed by atoms with Crippen molar-refractivity contribution in [3.05, 3.63) is 47.2 Å². The summed E-state index contributed by atoms with van der Waals surface area (Å²) in [5.74, 6) is 1.27. The fraction of sp³-hybridized carbons (Fsp3) is 0.231. The molecule has 0 saturated heterocycles. The first-order valence-electron chi connectivity index (χ1n) is 5.46. The van der Waals surface area contributed by atoms with Gasteiger partial charge in [0, 0.05) is 12.6 Å². The van der Waals surface area contributed by atoms with E-state index in [4.69, 9.17) is 10.5 Å². The second kappa shape index (κ2) is 4.93. The molecule has 0 atom stereocenters. The Morgan fingerprint density at radius 2 is 2.06 bits per heavy atom. The van der Waals surface area contributed by atoms with E-state index in [1.165, 1.54) is 0 Å². The van der Waals surface area contributed by atoms with Crippen molar-refractivity contribution >= 4 is 0 Å². The van der Waals surface area contributed by atoms with E-state index in [-0.39, 0.29) is 0 Å². The molecule has 0 aliphatic rings. The summed E-state index contributed by atoms with van der Waals surface area (Å²) in [4.78, 5) is 0. The Labute approximate surface area is 100 Å². The van der Waals surface area contributed by atoms with Crippen LogP contribution in [-0.2, 0) is 6.54 Å². The van der Waals surface area contributed by atoms with Crippen LogP contribution in [-0.4, -0.2) is 10.2 Å². The standard InChI is InChI=1S/C13H15N3O/c1-9-5-13(16-15-8-9)17-12-6-11(7-14)4-3-10(12)2/h3-6,8H,7,14H2,1-2H3. The minimum absolute atomic E-state index is 0.496. The zero-order chi connectivity index (χ0) is 12.3. The molecule has 0 amide bonds. The summed E-state index contributed by atoms with van der Waals surface area (Å²) < 4.78 is 5.70. The van der Waals surface area contributed by atoms with Gasteiger partial charge in [-0.1, -0.05) is 12.1 Å². The average Bonchev–Trinajstić information content (AvgIpc) is 2.32. The van der Waals surface area contributed by atoms with E-state index in [0.29, 0.717) is 12.4 Å². The highest BCUT2D eigenvalue weighted by atomic mass is 16.5. The van der Waals surface area contributed by atoms with Gasteiger partial charge in [0.05, 0.1) is 6.20 Å². The van der Waals surface area contributed by atoms with E-state index in [0.717, 1.165) is 22.4 Å². The predicted molar refractivity (Wildman–Crippen MR) is 65.9 cm³/mol. The van der Waals surface area contributed by atoms with Crippen molar-refractivity contribution in [1.82, 2.24) is 10.2 Å². The Bertz CT molecular complexity index is 526. The minimum Gasteiger partial charge on any atom is -0.437 e. The molecular weight excluding hydrogens is 214 g/mol. The third kappa shape index (κ3) is 2.79. The van der Waals surface area contributed by atoms with Crippen molar-refractivity contribution in [1.29, 1.82) is 0 Å². The van der Waals surface area contributed by atoms with Gasteiger partial charge in [0.1, 0.15) is 5.75 Å². The molecule has 0 bridgehead atoms. The van der Waals surface area contributed by atoms with E-state index in [1.807, 2.05) is 38.1 Å². The molecule has 1 heterocycles. The zero-order valence-electron chi connectivity index (χ0n) is 9.97. The summed E-state index contributed by atoms with van der Waals surface area (Å²) in [6.07, 6.45) is 1.69. The molecule has 0 saturated carbocycles. The van der Waals surface area contributed by atoms with Gasteiger partial charge >= 0.3 is 0 Å². The van der Waals surface area contributed by atoms with Gasteiger partial charge < -0.3 is 10.5 Å². The number of aryl methyl sites for hydroxylation is 2. The quantitative estimate of drug-likeness (QED) is 0.877. The van der Waals surface area contributed by atoms with Crippen LogP contribution in [0.1, 0.15) is 16.7 Å². The Morgan fingerprint density at radius 3 is 2.76 bits per heavy atom. The summed E-state index contributed by atoms with van der Waals surface area (Å²) in [6.45, 7) is 4.43. The molecule has 2 aromatic rings. The molecule has 0 aliphatic carbocycles. The van der Waals surface area contributed by atoms with Gasteiger partial charge in [0.15, 0.2) is 0 Å². The van der Waals surface area contributed by atoms with E-state index < -0.39 is 0 Å². The number of benzene rings is 1. The van der Waals surface area contributed by atoms with E-state index >= 15 is 0 Å². The first-order chi connectivity index (χ1) is 8.19. The summed E-state index contributed by atoms with van der Waals surface area (Å²) in [5.41, 5.74) is 8.70. The number of hydrogen-bond donors (Lipinski definition) is 1. The van der Waals surface area contributed by atoms with Gasteiger partial charge in [-0.05, 0) is 36.6 Å². The Kier molecular flexibility index (Phi) is 3.35. The van der Waals surface area contributed by atoms with Gasteiger partial charge in [-0.2, -0.15) is 5.10 Å². The lowest BCUT2D eigenvalue weighted by molar-refractivity contribution is 0.450. The predicted octanol–water partition coefficient (Wildman–Crippen LogP) is 2.34. The summed E-state index contributed by atoms with van der Waals surface area (Å²) in [7, 11) is 0. The number of nitrogens with zero attached hydrogens (tertiary/aromatic N) is 2. The van der Waals surface area contributed by atoms with Crippen molar-refractivity contribution in [3.8, 4) is 11.6 Å². The molecule has 4 nitrogen and oxygen atoms in total. The maximum Gasteiger partial charge on any atom is 0.239 e. The normalized spacial score (nSPS) is 10.3. The van der Waals surface area contributed by atoms with Gasteiger partial charge in [-0.3, -0.25) is 0 Å². The molecule has 1 aromatic carbocycles. The number of ether oxygens (including phenoxy) is 1. The topological polar surface area (TPSA) is 61.0 Å². The number of aromatic nitrogens is 2. The summed E-state index contributed by atoms with van der Waals surface area (Å²) >= 11 is 0. The Hall–Kier alpha value is -1.94. The maximum atomic E-state index is 5.70. The molecule has 0 radical (unpaired) electrons. The second-order valence-electron chi connectivity index (χ2n) is 3.98. The van der Waals surface area contributed by atoms with Crippen LogP contribution in [0.4, 0.5) is 0 Å². The summed E-state index contributed by atoms with van der Waals surface area (Å²) in [5, 5.41) is 7.78. The summed E-state index contributed by atoms with van der Waals surface area (Å²) in [6, 6.07) is 7.76. The Balaban J connectivity index is 2.29. The van der Waals surface area contributed by atoms with Crippen LogP contribution in [0, 0.1) is 13.8 Å². The van der Waals surface area contributed by atoms with Crippen LogP contribution >= 0.6 is 0 Å². The lowest BCUT2D eigenvalue weighted by atomic mass is 10.1. The van der Waals surface area contributed by atoms with Gasteiger partial charge in [-0.25, -0.2) is 0 Å². The smallest absolute Gasteiger partial charge is 0.239 e. The van der Waals surface area contributed by atoms with Crippen molar-refractivity contribution in [3.63, 3.8) is 0 Å². The highest BCUT2D eigenvalue weighted by Gasteiger charge is 2.04. The molecule has 0 unspecified atom stereocenters. The average molecular weight is 229 g/mol. The van der Waals surface area contributed by atoms with Gasteiger partial charge in [0.2, 0.25) is 5.88 Å². The van der Waals surface area contributed by atoms with Gasteiger partial charge in [0.25, 0.3) is 0 Å². The minimum atomic E-state index is 0.496. The third-order valence-electron chi connectivity index (χ3n) is 2.47. The molecule has 0 fully saturated rings. The van der Waals surface area contributed by atoms with Crippen molar-refractivity contribution in [2.24, 2.45) is 5.73 Å². The first kappa shape index (κ1) is 11.5. The fourth-order valence-corrected chi connectivity index (χ4v) is 1.48. The molecule has 17 heavy (non-hydrogen) atoms. The van der Waals surface area contributed by atoms with Crippen LogP contribution in [0.15, 0.2) is 30.5 Å². The van der Waals surface area contributed by atoms with E-state index in [9.17, 15) is 0 Å². The Morgan fingerprint density at radius 1 is 1.24 bits per heavy atom. The highest BCUT2D eigenvalue weighted by Crippen LogP contribution is 2.24. The molecular formula is C13H15N3O. The molecule has 0 spiro atoms. The molecule has 2 N–H and O–H groups in total. The SMILES string of the molecule is Cc1cnnc(Oc2cc(CN)ccc2C)c1. The second-order valence-corrected chi connectivity index (χ2v) is 3.98. The molecule has 2 rings (SSSR count). The van der Waals surface area contributed by atoms with Crippen LogP contribution in [0.25, 0.3) is 0 Å². The van der Waals surface area contributed by atoms with Crippen LogP contribution in [0.5, 0.6) is 11.6 Å². The van der Waals surface area contributed by atoms with Crippen LogP contribution < -0.4 is 10.5 Å².